The second-order valence-electron chi connectivity index (χ2n) is 5.26. The van der Waals surface area contributed by atoms with Gasteiger partial charge in [0.2, 0.25) is 0 Å². The van der Waals surface area contributed by atoms with Crippen LogP contribution in [0.15, 0.2) is 36.4 Å². The molecule has 0 amide bonds. The molecule has 9 heteroatoms. The second kappa shape index (κ2) is 6.08. The molecule has 0 spiro atoms. The summed E-state index contributed by atoms with van der Waals surface area (Å²) in [5.74, 6) is -0.529. The molecule has 0 aliphatic carbocycles. The van der Waals surface area contributed by atoms with Crippen molar-refractivity contribution in [3.8, 4) is 22.6 Å². The molecule has 1 aromatic carbocycles. The first-order valence-electron chi connectivity index (χ1n) is 7.06. The molecule has 3 aromatic rings. The van der Waals surface area contributed by atoms with Crippen LogP contribution in [0.5, 0.6) is 0 Å². The van der Waals surface area contributed by atoms with E-state index in [2.05, 4.69) is 20.2 Å². The topological polar surface area (TPSA) is 77.6 Å². The lowest BCUT2D eigenvalue weighted by atomic mass is 10.1. The summed E-state index contributed by atoms with van der Waals surface area (Å²) < 4.78 is 52.0. The van der Waals surface area contributed by atoms with Crippen LogP contribution in [-0.2, 0) is 6.18 Å². The van der Waals surface area contributed by atoms with E-state index in [1.165, 1.54) is 31.2 Å². The number of nitrogens with two attached hydrogens (primary N) is 1. The van der Waals surface area contributed by atoms with E-state index in [0.29, 0.717) is 5.56 Å². The summed E-state index contributed by atoms with van der Waals surface area (Å²) in [5, 5.41) is 7.70. The highest BCUT2D eigenvalue weighted by Crippen LogP contribution is 2.32. The molecule has 0 aliphatic rings. The third-order valence-corrected chi connectivity index (χ3v) is 3.31. The van der Waals surface area contributed by atoms with Gasteiger partial charge in [-0.1, -0.05) is 12.1 Å². The minimum Gasteiger partial charge on any atom is -0.382 e. The zero-order valence-electron chi connectivity index (χ0n) is 12.8. The van der Waals surface area contributed by atoms with Gasteiger partial charge in [-0.3, -0.25) is 0 Å². The van der Waals surface area contributed by atoms with Gasteiger partial charge in [-0.2, -0.15) is 13.2 Å². The summed E-state index contributed by atoms with van der Waals surface area (Å²) >= 11 is 0. The van der Waals surface area contributed by atoms with Crippen molar-refractivity contribution in [3.05, 3.63) is 53.6 Å². The van der Waals surface area contributed by atoms with E-state index in [-0.39, 0.29) is 28.6 Å². The molecular formula is C16H11F4N5. The van der Waals surface area contributed by atoms with E-state index < -0.39 is 17.7 Å². The first kappa shape index (κ1) is 16.7. The zero-order chi connectivity index (χ0) is 18.2. The normalized spacial score (nSPS) is 11.6. The van der Waals surface area contributed by atoms with Gasteiger partial charge in [0.15, 0.2) is 11.6 Å². The predicted molar refractivity (Wildman–Crippen MR) is 82.6 cm³/mol. The summed E-state index contributed by atoms with van der Waals surface area (Å²) in [6.45, 7) is 1.43. The molecule has 0 atom stereocenters. The maximum absolute atomic E-state index is 13.3. The van der Waals surface area contributed by atoms with Crippen LogP contribution in [0.2, 0.25) is 0 Å². The molecule has 0 radical (unpaired) electrons. The molecule has 25 heavy (non-hydrogen) atoms. The van der Waals surface area contributed by atoms with E-state index in [1.807, 2.05) is 0 Å². The Balaban J connectivity index is 2.06. The van der Waals surface area contributed by atoms with Crippen molar-refractivity contribution in [1.29, 1.82) is 0 Å². The number of hydrogen-bond acceptors (Lipinski definition) is 5. The number of pyridine rings is 1. The van der Waals surface area contributed by atoms with Crippen molar-refractivity contribution in [2.45, 2.75) is 13.1 Å². The first-order chi connectivity index (χ1) is 11.7. The van der Waals surface area contributed by atoms with Crippen LogP contribution < -0.4 is 5.73 Å². The largest absolute Gasteiger partial charge is 0.433 e. The summed E-state index contributed by atoms with van der Waals surface area (Å²) in [7, 11) is 0. The third-order valence-electron chi connectivity index (χ3n) is 3.31. The van der Waals surface area contributed by atoms with Crippen molar-refractivity contribution < 1.29 is 17.6 Å². The second-order valence-corrected chi connectivity index (χ2v) is 5.26. The van der Waals surface area contributed by atoms with Gasteiger partial charge < -0.3 is 5.73 Å². The molecular weight excluding hydrogens is 338 g/mol. The molecule has 0 unspecified atom stereocenters. The van der Waals surface area contributed by atoms with Crippen molar-refractivity contribution in [1.82, 2.24) is 20.2 Å². The summed E-state index contributed by atoms with van der Waals surface area (Å²) in [4.78, 5) is 7.48. The quantitative estimate of drug-likeness (QED) is 0.715. The van der Waals surface area contributed by atoms with Crippen LogP contribution in [-0.4, -0.2) is 20.2 Å². The van der Waals surface area contributed by atoms with Crippen LogP contribution in [0.1, 0.15) is 11.4 Å². The first-order valence-corrected chi connectivity index (χ1v) is 7.06. The van der Waals surface area contributed by atoms with Crippen LogP contribution in [0.3, 0.4) is 0 Å². The average Bonchev–Trinajstić information content (AvgIpc) is 2.53. The highest BCUT2D eigenvalue weighted by atomic mass is 19.4. The summed E-state index contributed by atoms with van der Waals surface area (Å²) in [6, 6.07) is 7.73. The van der Waals surface area contributed by atoms with E-state index in [1.54, 1.807) is 6.07 Å². The maximum Gasteiger partial charge on any atom is 0.433 e. The number of benzene rings is 1. The molecule has 128 valence electrons. The number of anilines is 1. The Morgan fingerprint density at radius 1 is 0.960 bits per heavy atom. The molecule has 0 bridgehead atoms. The SMILES string of the molecule is Cc1cc(-c2nnc(-c3cccc(F)c3)nc2N)cc(C(F)(F)F)n1. The Morgan fingerprint density at radius 3 is 2.36 bits per heavy atom. The molecule has 2 heterocycles. The Labute approximate surface area is 139 Å². The fourth-order valence-electron chi connectivity index (χ4n) is 2.24. The molecule has 2 aromatic heterocycles. The van der Waals surface area contributed by atoms with Crippen molar-refractivity contribution >= 4 is 5.82 Å². The van der Waals surface area contributed by atoms with E-state index in [4.69, 9.17) is 5.73 Å². The number of rotatable bonds is 2. The number of aromatic nitrogens is 4. The van der Waals surface area contributed by atoms with Gasteiger partial charge in [0.05, 0.1) is 0 Å². The summed E-state index contributed by atoms with van der Waals surface area (Å²) in [5.41, 5.74) is 5.38. The Hall–Kier alpha value is -3.10. The van der Waals surface area contributed by atoms with Gasteiger partial charge in [-0.15, -0.1) is 10.2 Å². The predicted octanol–water partition coefficient (Wildman–Crippen LogP) is 3.65. The molecule has 0 saturated carbocycles. The number of aryl methyl sites for hydroxylation is 1. The van der Waals surface area contributed by atoms with Crippen LogP contribution in [0.4, 0.5) is 23.4 Å². The minimum atomic E-state index is -4.60. The molecule has 3 rings (SSSR count). The smallest absolute Gasteiger partial charge is 0.382 e. The van der Waals surface area contributed by atoms with Gasteiger partial charge >= 0.3 is 6.18 Å². The number of nitrogen functional groups attached to an aromatic ring is 1. The van der Waals surface area contributed by atoms with Crippen molar-refractivity contribution in [3.63, 3.8) is 0 Å². The molecule has 0 fully saturated rings. The molecule has 2 N–H and O–H groups in total. The van der Waals surface area contributed by atoms with E-state index in [0.717, 1.165) is 6.07 Å². The van der Waals surface area contributed by atoms with E-state index >= 15 is 0 Å². The minimum absolute atomic E-state index is 0.00356. The lowest BCUT2D eigenvalue weighted by Gasteiger charge is -2.10. The van der Waals surface area contributed by atoms with Gasteiger partial charge in [0.25, 0.3) is 0 Å². The number of nitrogens with zero attached hydrogens (tertiary/aromatic N) is 4. The van der Waals surface area contributed by atoms with E-state index in [9.17, 15) is 17.6 Å². The molecule has 0 aliphatic heterocycles. The number of hydrogen-bond donors (Lipinski definition) is 1. The number of alkyl halides is 3. The summed E-state index contributed by atoms with van der Waals surface area (Å²) in [6.07, 6.45) is -4.60. The highest BCUT2D eigenvalue weighted by molar-refractivity contribution is 5.71. The Bertz CT molecular complexity index is 940. The van der Waals surface area contributed by atoms with Crippen molar-refractivity contribution in [2.75, 3.05) is 5.73 Å². The zero-order valence-corrected chi connectivity index (χ0v) is 12.8. The lowest BCUT2D eigenvalue weighted by Crippen LogP contribution is -2.10. The standard InChI is InChI=1S/C16H11F4N5/c1-8-5-10(7-12(22-8)16(18,19)20)13-14(21)23-15(25-24-13)9-3-2-4-11(17)6-9/h2-7H,1H3,(H2,21,23,25). The number of halogens is 4. The van der Waals surface area contributed by atoms with Gasteiger partial charge in [0.1, 0.15) is 17.2 Å². The van der Waals surface area contributed by atoms with Crippen molar-refractivity contribution in [2.24, 2.45) is 0 Å². The maximum atomic E-state index is 13.3. The highest BCUT2D eigenvalue weighted by Gasteiger charge is 2.33. The fraction of sp³-hybridized carbons (Fsp3) is 0.125. The molecule has 5 nitrogen and oxygen atoms in total. The van der Waals surface area contributed by atoms with Crippen LogP contribution >= 0.6 is 0 Å². The molecule has 0 saturated heterocycles. The van der Waals surface area contributed by atoms with Crippen LogP contribution in [0, 0.1) is 12.7 Å². The third kappa shape index (κ3) is 3.54. The van der Waals surface area contributed by atoms with Gasteiger partial charge in [-0.25, -0.2) is 14.4 Å². The Morgan fingerprint density at radius 2 is 1.72 bits per heavy atom. The Kier molecular flexibility index (Phi) is 4.07. The van der Waals surface area contributed by atoms with Gasteiger partial charge in [0, 0.05) is 16.8 Å². The average molecular weight is 349 g/mol. The van der Waals surface area contributed by atoms with Gasteiger partial charge in [-0.05, 0) is 31.2 Å². The monoisotopic (exact) mass is 349 g/mol. The van der Waals surface area contributed by atoms with Crippen LogP contribution in [0.25, 0.3) is 22.6 Å². The fourth-order valence-corrected chi connectivity index (χ4v) is 2.24. The lowest BCUT2D eigenvalue weighted by molar-refractivity contribution is -0.141.